The van der Waals surface area contributed by atoms with Crippen molar-refractivity contribution in [2.24, 2.45) is 10.8 Å². The van der Waals surface area contributed by atoms with Crippen LogP contribution in [0, 0.1) is 6.92 Å². The molecule has 2 aromatic rings. The van der Waals surface area contributed by atoms with E-state index in [4.69, 9.17) is 18.0 Å². The molecule has 2 aromatic carbocycles. The number of nitrogens with one attached hydrogen (secondary N) is 1. The molecule has 0 aromatic heterocycles. The Hall–Kier alpha value is -2.20. The molecule has 0 fully saturated rings. The summed E-state index contributed by atoms with van der Waals surface area (Å²) in [5.74, 6) is 0. The molecule has 3 N–H and O–H groups in total. The molecule has 2 rings (SSSR count). The van der Waals surface area contributed by atoms with Crippen LogP contribution in [0.5, 0.6) is 0 Å². The maximum absolute atomic E-state index is 5.33. The minimum atomic E-state index is 0.157. The third-order valence-corrected chi connectivity index (χ3v) is 2.79. The number of rotatable bonds is 3. The molecule has 19 heavy (non-hydrogen) atoms. The van der Waals surface area contributed by atoms with Crippen LogP contribution < -0.4 is 11.2 Å². The quantitative estimate of drug-likeness (QED) is 0.512. The van der Waals surface area contributed by atoms with Crippen LogP contribution in [-0.2, 0) is 0 Å². The number of hydrogen-bond donors (Lipinski definition) is 2. The van der Waals surface area contributed by atoms with Gasteiger partial charge in [-0.1, -0.05) is 54.1 Å². The van der Waals surface area contributed by atoms with Crippen LogP contribution in [0.4, 0.5) is 0 Å². The minimum absolute atomic E-state index is 0.157. The lowest BCUT2D eigenvalue weighted by Gasteiger charge is -2.06. The highest BCUT2D eigenvalue weighted by atomic mass is 32.1. The number of benzene rings is 2. The normalized spacial score (nSPS) is 10.6. The summed E-state index contributed by atoms with van der Waals surface area (Å²) in [7, 11) is 0. The highest BCUT2D eigenvalue weighted by molar-refractivity contribution is 7.80. The molecule has 0 bridgehead atoms. The van der Waals surface area contributed by atoms with Crippen molar-refractivity contribution >= 4 is 23.5 Å². The fourth-order valence-electron chi connectivity index (χ4n) is 1.77. The third kappa shape index (κ3) is 3.63. The van der Waals surface area contributed by atoms with Gasteiger partial charge >= 0.3 is 0 Å². The van der Waals surface area contributed by atoms with Gasteiger partial charge in [-0.3, -0.25) is 5.43 Å². The lowest BCUT2D eigenvalue weighted by Crippen LogP contribution is -2.24. The summed E-state index contributed by atoms with van der Waals surface area (Å²) in [6, 6.07) is 16.4. The first-order valence-corrected chi connectivity index (χ1v) is 6.32. The first-order chi connectivity index (χ1) is 9.16. The van der Waals surface area contributed by atoms with Gasteiger partial charge < -0.3 is 5.73 Å². The number of hydrazone groups is 1. The van der Waals surface area contributed by atoms with Crippen molar-refractivity contribution in [3.8, 4) is 11.1 Å². The van der Waals surface area contributed by atoms with Gasteiger partial charge in [-0.25, -0.2) is 0 Å². The molecule has 0 aliphatic rings. The van der Waals surface area contributed by atoms with Crippen LogP contribution in [0.1, 0.15) is 11.1 Å². The van der Waals surface area contributed by atoms with Crippen LogP contribution >= 0.6 is 12.2 Å². The van der Waals surface area contributed by atoms with Gasteiger partial charge in [-0.15, -0.1) is 0 Å². The molecule has 0 amide bonds. The van der Waals surface area contributed by atoms with Crippen molar-refractivity contribution in [1.29, 1.82) is 0 Å². The Morgan fingerprint density at radius 2 is 1.84 bits per heavy atom. The Labute approximate surface area is 118 Å². The average molecular weight is 269 g/mol. The zero-order valence-corrected chi connectivity index (χ0v) is 11.4. The van der Waals surface area contributed by atoms with Crippen molar-refractivity contribution in [2.45, 2.75) is 6.92 Å². The molecule has 0 radical (unpaired) electrons. The minimum Gasteiger partial charge on any atom is -0.375 e. The zero-order valence-electron chi connectivity index (χ0n) is 10.6. The van der Waals surface area contributed by atoms with Gasteiger partial charge in [0.2, 0.25) is 0 Å². The molecule has 0 spiro atoms. The van der Waals surface area contributed by atoms with Crippen LogP contribution in [0.15, 0.2) is 53.6 Å². The predicted octanol–water partition coefficient (Wildman–Crippen LogP) is 2.83. The smallest absolute Gasteiger partial charge is 0.184 e. The summed E-state index contributed by atoms with van der Waals surface area (Å²) < 4.78 is 0. The van der Waals surface area contributed by atoms with E-state index in [-0.39, 0.29) is 5.11 Å². The van der Waals surface area contributed by atoms with E-state index in [0.29, 0.717) is 0 Å². The molecule has 0 heterocycles. The summed E-state index contributed by atoms with van der Waals surface area (Å²) in [6.45, 7) is 2.07. The summed E-state index contributed by atoms with van der Waals surface area (Å²) in [5.41, 5.74) is 12.4. The van der Waals surface area contributed by atoms with Gasteiger partial charge in [-0.2, -0.15) is 5.10 Å². The van der Waals surface area contributed by atoms with E-state index in [9.17, 15) is 0 Å². The van der Waals surface area contributed by atoms with E-state index in [1.54, 1.807) is 6.21 Å². The molecule has 0 saturated carbocycles. The van der Waals surface area contributed by atoms with Crippen LogP contribution in [0.25, 0.3) is 11.1 Å². The zero-order chi connectivity index (χ0) is 13.7. The van der Waals surface area contributed by atoms with Gasteiger partial charge in [-0.05, 0) is 30.3 Å². The van der Waals surface area contributed by atoms with E-state index >= 15 is 0 Å². The maximum atomic E-state index is 5.33. The Kier molecular flexibility index (Phi) is 4.26. The second kappa shape index (κ2) is 6.11. The van der Waals surface area contributed by atoms with E-state index < -0.39 is 0 Å². The van der Waals surface area contributed by atoms with Crippen LogP contribution in [0.3, 0.4) is 0 Å². The van der Waals surface area contributed by atoms with Crippen molar-refractivity contribution in [1.82, 2.24) is 5.43 Å². The molecular weight excluding hydrogens is 254 g/mol. The standard InChI is InChI=1S/C15H15N3S/c1-11-6-8-12(9-7-11)14-5-3-2-4-13(14)10-17-18-15(16)19/h2-10H,1H3,(H3,16,18,19). The van der Waals surface area contributed by atoms with Gasteiger partial charge in [0.15, 0.2) is 5.11 Å². The Bertz CT molecular complexity index is 603. The molecule has 0 unspecified atom stereocenters. The molecule has 0 aliphatic heterocycles. The summed E-state index contributed by atoms with van der Waals surface area (Å²) in [4.78, 5) is 0. The lowest BCUT2D eigenvalue weighted by molar-refractivity contribution is 1.04. The number of nitrogens with zero attached hydrogens (tertiary/aromatic N) is 1. The van der Waals surface area contributed by atoms with E-state index in [2.05, 4.69) is 47.8 Å². The third-order valence-electron chi connectivity index (χ3n) is 2.70. The summed E-state index contributed by atoms with van der Waals surface area (Å²) in [6.07, 6.45) is 1.72. The molecule has 96 valence electrons. The van der Waals surface area contributed by atoms with Crippen molar-refractivity contribution in [2.75, 3.05) is 0 Å². The Morgan fingerprint density at radius 3 is 2.53 bits per heavy atom. The fourth-order valence-corrected chi connectivity index (χ4v) is 1.82. The fraction of sp³-hybridized carbons (Fsp3) is 0.0667. The molecule has 3 nitrogen and oxygen atoms in total. The van der Waals surface area contributed by atoms with Crippen LogP contribution in [-0.4, -0.2) is 11.3 Å². The molecule has 0 aliphatic carbocycles. The molecular formula is C15H15N3S. The highest BCUT2D eigenvalue weighted by Crippen LogP contribution is 2.22. The van der Waals surface area contributed by atoms with Crippen molar-refractivity contribution in [3.63, 3.8) is 0 Å². The topological polar surface area (TPSA) is 50.4 Å². The number of nitrogens with two attached hydrogens (primary N) is 1. The largest absolute Gasteiger partial charge is 0.375 e. The van der Waals surface area contributed by atoms with Crippen molar-refractivity contribution in [3.05, 3.63) is 59.7 Å². The van der Waals surface area contributed by atoms with Crippen LogP contribution in [0.2, 0.25) is 0 Å². The average Bonchev–Trinajstić information content (AvgIpc) is 2.40. The first-order valence-electron chi connectivity index (χ1n) is 5.91. The summed E-state index contributed by atoms with van der Waals surface area (Å²) in [5, 5.41) is 4.16. The van der Waals surface area contributed by atoms with Gasteiger partial charge in [0.25, 0.3) is 0 Å². The number of aryl methyl sites for hydroxylation is 1. The van der Waals surface area contributed by atoms with E-state index in [1.807, 2.05) is 18.2 Å². The SMILES string of the molecule is Cc1ccc(-c2ccccc2C=NNC(N)=S)cc1. The Balaban J connectivity index is 2.33. The molecule has 4 heteroatoms. The predicted molar refractivity (Wildman–Crippen MR) is 84.1 cm³/mol. The summed E-state index contributed by atoms with van der Waals surface area (Å²) >= 11 is 4.70. The lowest BCUT2D eigenvalue weighted by atomic mass is 9.99. The van der Waals surface area contributed by atoms with E-state index in [0.717, 1.165) is 16.7 Å². The van der Waals surface area contributed by atoms with Crippen molar-refractivity contribution < 1.29 is 0 Å². The van der Waals surface area contributed by atoms with Gasteiger partial charge in [0.05, 0.1) is 6.21 Å². The number of thiocarbonyl (C=S) groups is 1. The molecule has 0 saturated heterocycles. The first kappa shape index (κ1) is 13.2. The highest BCUT2D eigenvalue weighted by Gasteiger charge is 2.02. The second-order valence-corrected chi connectivity index (χ2v) is 4.63. The van der Waals surface area contributed by atoms with E-state index in [1.165, 1.54) is 5.56 Å². The second-order valence-electron chi connectivity index (χ2n) is 4.19. The van der Waals surface area contributed by atoms with Gasteiger partial charge in [0.1, 0.15) is 0 Å². The maximum Gasteiger partial charge on any atom is 0.184 e. The molecule has 0 atom stereocenters. The monoisotopic (exact) mass is 269 g/mol. The van der Waals surface area contributed by atoms with Gasteiger partial charge in [0, 0.05) is 5.56 Å². The Morgan fingerprint density at radius 1 is 1.16 bits per heavy atom. The number of hydrogen-bond acceptors (Lipinski definition) is 2.